The predicted molar refractivity (Wildman–Crippen MR) is 56.8 cm³/mol. The third kappa shape index (κ3) is 3.21. The van der Waals surface area contributed by atoms with Gasteiger partial charge in [-0.2, -0.15) is 0 Å². The lowest BCUT2D eigenvalue weighted by molar-refractivity contribution is 0.329. The van der Waals surface area contributed by atoms with Gasteiger partial charge in [0.2, 0.25) is 0 Å². The van der Waals surface area contributed by atoms with Crippen LogP contribution in [0.2, 0.25) is 5.02 Å². The van der Waals surface area contributed by atoms with Crippen molar-refractivity contribution in [3.63, 3.8) is 0 Å². The second kappa shape index (κ2) is 5.05. The van der Waals surface area contributed by atoms with Crippen molar-refractivity contribution in [2.45, 2.75) is 13.3 Å². The molecule has 1 rings (SSSR count). The largest absolute Gasteiger partial charge is 0.392 e. The smallest absolute Gasteiger partial charge is 0.0644 e. The monoisotopic (exact) mass is 196 g/mol. The van der Waals surface area contributed by atoms with Gasteiger partial charge in [-0.15, -0.1) is 0 Å². The molecule has 13 heavy (non-hydrogen) atoms. The Morgan fingerprint density at radius 1 is 1.54 bits per heavy atom. The number of hydrogen-bond donors (Lipinski definition) is 1. The van der Waals surface area contributed by atoms with E-state index < -0.39 is 0 Å². The van der Waals surface area contributed by atoms with E-state index >= 15 is 0 Å². The highest BCUT2D eigenvalue weighted by molar-refractivity contribution is 6.30. The number of aliphatic hydroxyl groups is 1. The van der Waals surface area contributed by atoms with Gasteiger partial charge in [0.05, 0.1) is 6.61 Å². The summed E-state index contributed by atoms with van der Waals surface area (Å²) in [5.41, 5.74) is 2.06. The zero-order valence-electron chi connectivity index (χ0n) is 7.63. The molecule has 2 heteroatoms. The molecule has 0 atom stereocenters. The summed E-state index contributed by atoms with van der Waals surface area (Å²) in [6, 6.07) is 7.59. The molecule has 0 aliphatic carbocycles. The van der Waals surface area contributed by atoms with Gasteiger partial charge in [-0.05, 0) is 29.7 Å². The number of halogens is 1. The summed E-state index contributed by atoms with van der Waals surface area (Å²) in [5, 5.41) is 9.68. The first-order chi connectivity index (χ1) is 6.26. The van der Waals surface area contributed by atoms with Crippen LogP contribution in [-0.2, 0) is 0 Å². The van der Waals surface area contributed by atoms with Crippen LogP contribution in [-0.4, -0.2) is 11.7 Å². The Kier molecular flexibility index (Phi) is 4.00. The zero-order chi connectivity index (χ0) is 9.68. The Balaban J connectivity index is 2.89. The molecule has 70 valence electrons. The second-order valence-electron chi connectivity index (χ2n) is 2.87. The molecular weight excluding hydrogens is 184 g/mol. The number of benzene rings is 1. The normalized spacial score (nSPS) is 11.8. The molecule has 0 saturated heterocycles. The molecule has 0 aromatic heterocycles. The van der Waals surface area contributed by atoms with E-state index in [1.54, 1.807) is 0 Å². The number of hydrogen-bond acceptors (Lipinski definition) is 1. The fourth-order valence-corrected chi connectivity index (χ4v) is 1.29. The summed E-state index contributed by atoms with van der Waals surface area (Å²) in [4.78, 5) is 0. The maximum absolute atomic E-state index is 8.96. The maximum Gasteiger partial charge on any atom is 0.0644 e. The fourth-order valence-electron chi connectivity index (χ4n) is 1.09. The average Bonchev–Trinajstić information content (AvgIpc) is 2.14. The number of aliphatic hydroxyl groups excluding tert-OH is 1. The summed E-state index contributed by atoms with van der Waals surface area (Å²) in [6.45, 7) is 2.13. The molecule has 0 spiro atoms. The van der Waals surface area contributed by atoms with Gasteiger partial charge in [-0.3, -0.25) is 0 Å². The van der Waals surface area contributed by atoms with Crippen molar-refractivity contribution < 1.29 is 5.11 Å². The van der Waals surface area contributed by atoms with Gasteiger partial charge >= 0.3 is 0 Å². The highest BCUT2D eigenvalue weighted by atomic mass is 35.5. The van der Waals surface area contributed by atoms with Gasteiger partial charge in [0.25, 0.3) is 0 Å². The van der Waals surface area contributed by atoms with E-state index in [1.807, 2.05) is 37.3 Å². The van der Waals surface area contributed by atoms with Gasteiger partial charge in [-0.25, -0.2) is 0 Å². The molecule has 0 fully saturated rings. The lowest BCUT2D eigenvalue weighted by Crippen LogP contribution is -1.87. The quantitative estimate of drug-likeness (QED) is 0.788. The van der Waals surface area contributed by atoms with Crippen LogP contribution in [0, 0.1) is 0 Å². The van der Waals surface area contributed by atoms with E-state index in [1.165, 1.54) is 0 Å². The Bertz CT molecular complexity index is 299. The average molecular weight is 197 g/mol. The lowest BCUT2D eigenvalue weighted by Gasteiger charge is -2.00. The second-order valence-corrected chi connectivity index (χ2v) is 3.31. The summed E-state index contributed by atoms with van der Waals surface area (Å²) in [7, 11) is 0. The SMILES string of the molecule is CCC(=Cc1cccc(Cl)c1)CO. The van der Waals surface area contributed by atoms with Crippen molar-refractivity contribution >= 4 is 17.7 Å². The van der Waals surface area contributed by atoms with Crippen molar-refractivity contribution in [1.29, 1.82) is 0 Å². The molecule has 1 nitrogen and oxygen atoms in total. The van der Waals surface area contributed by atoms with E-state index in [0.717, 1.165) is 22.6 Å². The van der Waals surface area contributed by atoms with Gasteiger partial charge in [0.1, 0.15) is 0 Å². The molecule has 1 N–H and O–H groups in total. The summed E-state index contributed by atoms with van der Waals surface area (Å²) in [6.07, 6.45) is 2.83. The molecule has 0 amide bonds. The molecule has 0 aliphatic heterocycles. The molecule has 0 heterocycles. The van der Waals surface area contributed by atoms with Crippen LogP contribution in [0.4, 0.5) is 0 Å². The molecule has 1 aromatic carbocycles. The van der Waals surface area contributed by atoms with Crippen LogP contribution < -0.4 is 0 Å². The van der Waals surface area contributed by atoms with Crippen LogP contribution in [0.25, 0.3) is 6.08 Å². The van der Waals surface area contributed by atoms with Crippen molar-refractivity contribution in [3.8, 4) is 0 Å². The Morgan fingerprint density at radius 2 is 2.31 bits per heavy atom. The third-order valence-electron chi connectivity index (χ3n) is 1.88. The van der Waals surface area contributed by atoms with E-state index in [2.05, 4.69) is 0 Å². The van der Waals surface area contributed by atoms with Crippen LogP contribution in [0.5, 0.6) is 0 Å². The van der Waals surface area contributed by atoms with Crippen molar-refractivity contribution in [3.05, 3.63) is 40.4 Å². The van der Waals surface area contributed by atoms with Gasteiger partial charge < -0.3 is 5.11 Å². The minimum Gasteiger partial charge on any atom is -0.392 e. The van der Waals surface area contributed by atoms with Crippen molar-refractivity contribution in [1.82, 2.24) is 0 Å². The Labute approximate surface area is 83.7 Å². The van der Waals surface area contributed by atoms with Crippen LogP contribution in [0.1, 0.15) is 18.9 Å². The molecule has 0 saturated carbocycles. The predicted octanol–water partition coefficient (Wildman–Crippen LogP) is 3.13. The molecule has 1 aromatic rings. The highest BCUT2D eigenvalue weighted by Gasteiger charge is 1.93. The summed E-state index contributed by atoms with van der Waals surface area (Å²) in [5.74, 6) is 0. The Morgan fingerprint density at radius 3 is 2.85 bits per heavy atom. The van der Waals surface area contributed by atoms with Gasteiger partial charge in [0.15, 0.2) is 0 Å². The first kappa shape index (κ1) is 10.3. The van der Waals surface area contributed by atoms with Crippen LogP contribution >= 0.6 is 11.6 Å². The fraction of sp³-hybridized carbons (Fsp3) is 0.273. The standard InChI is InChI=1S/C11H13ClO/c1-2-9(8-13)6-10-4-3-5-11(12)7-10/h3-7,13H,2,8H2,1H3. The van der Waals surface area contributed by atoms with E-state index in [-0.39, 0.29) is 6.61 Å². The first-order valence-electron chi connectivity index (χ1n) is 4.32. The zero-order valence-corrected chi connectivity index (χ0v) is 8.38. The first-order valence-corrected chi connectivity index (χ1v) is 4.70. The minimum atomic E-state index is 0.114. The molecule has 0 aliphatic rings. The summed E-state index contributed by atoms with van der Waals surface area (Å²) >= 11 is 5.82. The third-order valence-corrected chi connectivity index (χ3v) is 2.11. The maximum atomic E-state index is 8.96. The topological polar surface area (TPSA) is 20.2 Å². The molecular formula is C11H13ClO. The van der Waals surface area contributed by atoms with E-state index in [9.17, 15) is 0 Å². The molecule has 0 radical (unpaired) electrons. The van der Waals surface area contributed by atoms with Gasteiger partial charge in [-0.1, -0.05) is 36.7 Å². The minimum absolute atomic E-state index is 0.114. The van der Waals surface area contributed by atoms with Crippen LogP contribution in [0.3, 0.4) is 0 Å². The molecule has 0 bridgehead atoms. The van der Waals surface area contributed by atoms with Crippen LogP contribution in [0.15, 0.2) is 29.8 Å². The molecule has 0 unspecified atom stereocenters. The van der Waals surface area contributed by atoms with E-state index in [0.29, 0.717) is 0 Å². The van der Waals surface area contributed by atoms with Crippen molar-refractivity contribution in [2.24, 2.45) is 0 Å². The van der Waals surface area contributed by atoms with Gasteiger partial charge in [0, 0.05) is 5.02 Å². The van der Waals surface area contributed by atoms with E-state index in [4.69, 9.17) is 16.7 Å². The Hall–Kier alpha value is -0.790. The van der Waals surface area contributed by atoms with Crippen molar-refractivity contribution in [2.75, 3.05) is 6.61 Å². The summed E-state index contributed by atoms with van der Waals surface area (Å²) < 4.78 is 0. The highest BCUT2D eigenvalue weighted by Crippen LogP contribution is 2.14. The number of rotatable bonds is 3. The lowest BCUT2D eigenvalue weighted by atomic mass is 10.1.